The lowest BCUT2D eigenvalue weighted by molar-refractivity contribution is 0.379. The molecule has 1 heterocycles. The first-order valence-electron chi connectivity index (χ1n) is 6.43. The van der Waals surface area contributed by atoms with E-state index in [0.29, 0.717) is 0 Å². The van der Waals surface area contributed by atoms with Crippen LogP contribution < -0.4 is 0 Å². The zero-order valence-electron chi connectivity index (χ0n) is 12.8. The summed E-state index contributed by atoms with van der Waals surface area (Å²) in [6, 6.07) is 1.16. The topological polar surface area (TPSA) is 15.6 Å². The van der Waals surface area contributed by atoms with Crippen LogP contribution in [-0.4, -0.2) is 18.6 Å². The van der Waals surface area contributed by atoms with Crippen molar-refractivity contribution in [1.29, 1.82) is 0 Å². The molecule has 2 nitrogen and oxygen atoms in total. The van der Waals surface area contributed by atoms with Crippen molar-refractivity contribution < 1.29 is 0 Å². The van der Waals surface area contributed by atoms with Crippen molar-refractivity contribution in [3.05, 3.63) is 12.3 Å². The predicted octanol–water partition coefficient (Wildman–Crippen LogP) is 4.47. The monoisotopic (exact) mass is 252 g/mol. The summed E-state index contributed by atoms with van der Waals surface area (Å²) < 4.78 is 2.27. The normalized spacial score (nSPS) is 20.5. The minimum absolute atomic E-state index is 0.0983. The molecule has 0 spiro atoms. The van der Waals surface area contributed by atoms with Gasteiger partial charge in [0.05, 0.1) is 0 Å². The van der Waals surface area contributed by atoms with Gasteiger partial charge in [-0.1, -0.05) is 48.1 Å². The molecule has 0 aliphatic carbocycles. The van der Waals surface area contributed by atoms with Crippen molar-refractivity contribution in [3.63, 3.8) is 0 Å². The van der Waals surface area contributed by atoms with Crippen molar-refractivity contribution in [3.8, 4) is 0 Å². The quantitative estimate of drug-likeness (QED) is 0.629. The maximum Gasteiger partial charge on any atom is 0.185 e. The van der Waals surface area contributed by atoms with E-state index in [0.717, 1.165) is 11.7 Å². The fourth-order valence-corrected chi connectivity index (χ4v) is 4.96. The molecule has 98 valence electrons. The molecule has 3 heteroatoms. The molecule has 1 aliphatic rings. The van der Waals surface area contributed by atoms with E-state index in [1.807, 2.05) is 0 Å². The Morgan fingerprint density at radius 2 is 1.65 bits per heavy atom. The second-order valence-electron chi connectivity index (χ2n) is 7.79. The summed E-state index contributed by atoms with van der Waals surface area (Å²) in [6.45, 7) is 22.4. The van der Waals surface area contributed by atoms with Gasteiger partial charge in [0.15, 0.2) is 8.24 Å². The third kappa shape index (κ3) is 3.00. The van der Waals surface area contributed by atoms with Crippen molar-refractivity contribution >= 4 is 13.9 Å². The summed E-state index contributed by atoms with van der Waals surface area (Å²) in [5.74, 6) is 0. The minimum Gasteiger partial charge on any atom is -0.298 e. The van der Waals surface area contributed by atoms with Gasteiger partial charge in [0, 0.05) is 28.3 Å². The maximum atomic E-state index is 4.89. The van der Waals surface area contributed by atoms with Crippen molar-refractivity contribution in [2.45, 2.75) is 60.7 Å². The zero-order valence-corrected chi connectivity index (χ0v) is 13.8. The van der Waals surface area contributed by atoms with Crippen molar-refractivity contribution in [2.75, 3.05) is 0 Å². The molecule has 0 aromatic heterocycles. The van der Waals surface area contributed by atoms with Crippen molar-refractivity contribution in [2.24, 2.45) is 15.9 Å². The average Bonchev–Trinajstić information content (AvgIpc) is 2.37. The van der Waals surface area contributed by atoms with E-state index >= 15 is 0 Å². The smallest absolute Gasteiger partial charge is 0.185 e. The van der Waals surface area contributed by atoms with Gasteiger partial charge in [-0.15, -0.1) is 0 Å². The van der Waals surface area contributed by atoms with Crippen LogP contribution in [0.1, 0.15) is 41.5 Å². The summed E-state index contributed by atoms with van der Waals surface area (Å²) in [5, 5.41) is 4.89. The zero-order chi connectivity index (χ0) is 13.6. The molecule has 0 N–H and O–H groups in total. The van der Waals surface area contributed by atoms with Gasteiger partial charge >= 0.3 is 0 Å². The lowest BCUT2D eigenvalue weighted by atomic mass is 9.91. The predicted molar refractivity (Wildman–Crippen MR) is 79.6 cm³/mol. The van der Waals surface area contributed by atoms with Crippen LogP contribution in [-0.2, 0) is 0 Å². The van der Waals surface area contributed by atoms with E-state index < -0.39 is 8.24 Å². The molecule has 0 radical (unpaired) electrons. The second kappa shape index (κ2) is 3.97. The number of allylic oxidation sites excluding steroid dienone is 1. The lowest BCUT2D eigenvalue weighted by Gasteiger charge is -2.36. The molecule has 0 aromatic rings. The molecule has 0 unspecified atom stereocenters. The summed E-state index contributed by atoms with van der Waals surface area (Å²) in [7, 11) is -1.49. The van der Waals surface area contributed by atoms with Crippen LogP contribution in [0.5, 0.6) is 0 Å². The van der Waals surface area contributed by atoms with Gasteiger partial charge in [0.25, 0.3) is 0 Å². The van der Waals surface area contributed by atoms with Gasteiger partial charge in [-0.2, -0.15) is 5.10 Å². The Bertz CT molecular complexity index is 353. The molecule has 0 amide bonds. The molecule has 1 aliphatic heterocycles. The van der Waals surface area contributed by atoms with Gasteiger partial charge in [-0.25, -0.2) is 0 Å². The Balaban J connectivity index is 3.08. The number of hydrogen-bond donors (Lipinski definition) is 0. The fourth-order valence-electron chi connectivity index (χ4n) is 1.93. The van der Waals surface area contributed by atoms with E-state index in [9.17, 15) is 0 Å². The Kier molecular flexibility index (Phi) is 3.39. The summed E-state index contributed by atoms with van der Waals surface area (Å²) >= 11 is 0. The van der Waals surface area contributed by atoms with Crippen LogP contribution in [0.4, 0.5) is 0 Å². The molecule has 0 saturated heterocycles. The Labute approximate surface area is 108 Å². The SMILES string of the molecule is C=C(N1N=C(C(C)(C)C)C[Si]1(C)C)C(C)(C)C. The number of nitrogens with zero attached hydrogens (tertiary/aromatic N) is 2. The second-order valence-corrected chi connectivity index (χ2v) is 12.2. The van der Waals surface area contributed by atoms with E-state index in [1.165, 1.54) is 5.71 Å². The molecule has 0 aromatic carbocycles. The highest BCUT2D eigenvalue weighted by Crippen LogP contribution is 2.39. The van der Waals surface area contributed by atoms with Crippen LogP contribution in [0, 0.1) is 10.8 Å². The number of hydrazone groups is 1. The molecule has 0 atom stereocenters. The van der Waals surface area contributed by atoms with Crippen molar-refractivity contribution in [1.82, 2.24) is 4.67 Å². The largest absolute Gasteiger partial charge is 0.298 e. The Hall–Kier alpha value is -0.573. The number of rotatable bonds is 1. The molecule has 0 fully saturated rings. The fraction of sp³-hybridized carbons (Fsp3) is 0.786. The molecule has 0 bridgehead atoms. The highest BCUT2D eigenvalue weighted by molar-refractivity contribution is 6.79. The minimum atomic E-state index is -1.49. The highest BCUT2D eigenvalue weighted by atomic mass is 28.3. The first-order chi connectivity index (χ1) is 7.36. The van der Waals surface area contributed by atoms with Crippen LogP contribution in [0.15, 0.2) is 17.4 Å². The standard InChI is InChI=1S/C14H28N2Si/c1-11(13(2,3)4)16-15-12(14(5,6)7)10-17(16,8)9/h1,10H2,2-9H3. The Morgan fingerprint density at radius 1 is 1.18 bits per heavy atom. The van der Waals surface area contributed by atoms with Crippen LogP contribution in [0.2, 0.25) is 19.1 Å². The molecular weight excluding hydrogens is 224 g/mol. The Morgan fingerprint density at radius 3 is 1.94 bits per heavy atom. The summed E-state index contributed by atoms with van der Waals surface area (Å²) in [5.41, 5.74) is 2.77. The third-order valence-electron chi connectivity index (χ3n) is 3.38. The van der Waals surface area contributed by atoms with Gasteiger partial charge < -0.3 is 0 Å². The molecule has 17 heavy (non-hydrogen) atoms. The van der Waals surface area contributed by atoms with E-state index in [-0.39, 0.29) is 10.8 Å². The van der Waals surface area contributed by atoms with E-state index in [4.69, 9.17) is 5.10 Å². The molecular formula is C14H28N2Si. The molecule has 0 saturated carbocycles. The van der Waals surface area contributed by atoms with Crippen LogP contribution in [0.3, 0.4) is 0 Å². The third-order valence-corrected chi connectivity index (χ3v) is 6.10. The van der Waals surface area contributed by atoms with Gasteiger partial charge in [0.1, 0.15) is 0 Å². The maximum absolute atomic E-state index is 4.89. The highest BCUT2D eigenvalue weighted by Gasteiger charge is 2.43. The van der Waals surface area contributed by atoms with Gasteiger partial charge in [-0.05, 0) is 13.1 Å². The first-order valence-corrected chi connectivity index (χ1v) is 9.59. The van der Waals surface area contributed by atoms with Crippen LogP contribution in [0.25, 0.3) is 0 Å². The summed E-state index contributed by atoms with van der Waals surface area (Å²) in [6.07, 6.45) is 0. The average molecular weight is 252 g/mol. The van der Waals surface area contributed by atoms with E-state index in [1.54, 1.807) is 0 Å². The van der Waals surface area contributed by atoms with Gasteiger partial charge in [0.2, 0.25) is 0 Å². The summed E-state index contributed by atoms with van der Waals surface area (Å²) in [4.78, 5) is 0. The van der Waals surface area contributed by atoms with Crippen LogP contribution >= 0.6 is 0 Å². The molecule has 1 rings (SSSR count). The number of hydrogen-bond acceptors (Lipinski definition) is 2. The van der Waals surface area contributed by atoms with E-state index in [2.05, 4.69) is 65.9 Å². The first kappa shape index (κ1) is 14.5. The lowest BCUT2D eigenvalue weighted by Crippen LogP contribution is -2.43. The van der Waals surface area contributed by atoms with Gasteiger partial charge in [-0.3, -0.25) is 4.67 Å².